The molecule has 6 heteroatoms. The van der Waals surface area contributed by atoms with E-state index in [9.17, 15) is 14.4 Å². The van der Waals surface area contributed by atoms with Gasteiger partial charge in [-0.25, -0.2) is 0 Å². The largest absolute Gasteiger partial charge is 0.462 e. The fourth-order valence-corrected chi connectivity index (χ4v) is 8.69. The van der Waals surface area contributed by atoms with Crippen LogP contribution in [0.5, 0.6) is 0 Å². The van der Waals surface area contributed by atoms with Crippen LogP contribution < -0.4 is 0 Å². The lowest BCUT2D eigenvalue weighted by atomic mass is 10.1. The molecule has 0 aliphatic rings. The van der Waals surface area contributed by atoms with Gasteiger partial charge in [-0.1, -0.05) is 264 Å². The van der Waals surface area contributed by atoms with Crippen molar-refractivity contribution in [3.63, 3.8) is 0 Å². The summed E-state index contributed by atoms with van der Waals surface area (Å²) in [7, 11) is 0. The molecule has 0 rings (SSSR count). The number of unbranched alkanes of at least 4 members (excludes halogenated alkanes) is 26. The second kappa shape index (κ2) is 64.3. The van der Waals surface area contributed by atoms with Gasteiger partial charge in [-0.05, 0) is 128 Å². The van der Waals surface area contributed by atoms with Crippen LogP contribution >= 0.6 is 0 Å². The number of ether oxygens (including phenoxy) is 3. The zero-order valence-corrected chi connectivity index (χ0v) is 50.2. The third kappa shape index (κ3) is 62.5. The second-order valence-corrected chi connectivity index (χ2v) is 20.9. The van der Waals surface area contributed by atoms with Crippen molar-refractivity contribution in [3.05, 3.63) is 122 Å². The van der Waals surface area contributed by atoms with E-state index in [0.29, 0.717) is 19.3 Å². The first-order chi connectivity index (χ1) is 38.0. The molecule has 0 saturated heterocycles. The number of hydrogen-bond acceptors (Lipinski definition) is 6. The molecule has 0 N–H and O–H groups in total. The first-order valence-corrected chi connectivity index (χ1v) is 32.0. The molecule has 0 heterocycles. The second-order valence-electron chi connectivity index (χ2n) is 20.9. The minimum atomic E-state index is -0.797. The summed E-state index contributed by atoms with van der Waals surface area (Å²) in [5.41, 5.74) is 0. The van der Waals surface area contributed by atoms with E-state index in [4.69, 9.17) is 14.2 Å². The lowest BCUT2D eigenvalue weighted by Gasteiger charge is -2.18. The van der Waals surface area contributed by atoms with Crippen molar-refractivity contribution >= 4 is 17.9 Å². The highest BCUT2D eigenvalue weighted by Gasteiger charge is 2.19. The number of esters is 3. The highest BCUT2D eigenvalue weighted by atomic mass is 16.6. The topological polar surface area (TPSA) is 78.9 Å². The highest BCUT2D eigenvalue weighted by Crippen LogP contribution is 2.15. The number of allylic oxidation sites excluding steroid dienone is 20. The SMILES string of the molecule is CC/C=C\C/C=C\C/C=C\C/C=C\C/C=C\C/C=C\CCCCCCCCCCCCC(=O)OCC(COC(=O)CCCCC/C=C\C/C=C\C/C=C\CC)OC(=O)CCCCCCCCC/C=C\CCCCCCCC. The lowest BCUT2D eigenvalue weighted by molar-refractivity contribution is -0.167. The van der Waals surface area contributed by atoms with Crippen molar-refractivity contribution in [3.8, 4) is 0 Å². The first-order valence-electron chi connectivity index (χ1n) is 32.0. The predicted octanol–water partition coefficient (Wildman–Crippen LogP) is 22.0. The number of rotatable bonds is 57. The molecular weight excluding hydrogens is 949 g/mol. The molecule has 438 valence electrons. The Morgan fingerprint density at radius 2 is 0.506 bits per heavy atom. The van der Waals surface area contributed by atoms with Crippen LogP contribution in [0.2, 0.25) is 0 Å². The highest BCUT2D eigenvalue weighted by molar-refractivity contribution is 5.71. The molecule has 0 amide bonds. The Labute approximate surface area is 475 Å². The number of carbonyl (C=O) groups is 3. The van der Waals surface area contributed by atoms with Crippen LogP contribution in [0, 0.1) is 0 Å². The lowest BCUT2D eigenvalue weighted by Crippen LogP contribution is -2.30. The van der Waals surface area contributed by atoms with E-state index in [1.165, 1.54) is 128 Å². The Hall–Kier alpha value is -4.19. The monoisotopic (exact) mass is 1070 g/mol. The van der Waals surface area contributed by atoms with Crippen molar-refractivity contribution < 1.29 is 28.6 Å². The van der Waals surface area contributed by atoms with Gasteiger partial charge in [-0.2, -0.15) is 0 Å². The van der Waals surface area contributed by atoms with Crippen molar-refractivity contribution in [1.29, 1.82) is 0 Å². The number of hydrogen-bond donors (Lipinski definition) is 0. The van der Waals surface area contributed by atoms with Crippen LogP contribution in [0.15, 0.2) is 122 Å². The summed E-state index contributed by atoms with van der Waals surface area (Å²) in [4.78, 5) is 38.3. The molecule has 0 saturated carbocycles. The molecule has 6 nitrogen and oxygen atoms in total. The maximum atomic E-state index is 12.9. The molecule has 1 unspecified atom stereocenters. The van der Waals surface area contributed by atoms with E-state index in [2.05, 4.69) is 142 Å². The summed E-state index contributed by atoms with van der Waals surface area (Å²) in [6.07, 6.45) is 89.2. The quantitative estimate of drug-likeness (QED) is 0.0261. The Balaban J connectivity index is 4.31. The molecule has 1 atom stereocenters. The summed E-state index contributed by atoms with van der Waals surface area (Å²) < 4.78 is 16.9. The Bertz CT molecular complexity index is 1600. The summed E-state index contributed by atoms with van der Waals surface area (Å²) >= 11 is 0. The molecule has 0 aromatic heterocycles. The molecule has 0 aliphatic carbocycles. The van der Waals surface area contributed by atoms with Crippen molar-refractivity contribution in [1.82, 2.24) is 0 Å². The molecule has 0 aromatic rings. The maximum absolute atomic E-state index is 12.9. The zero-order chi connectivity index (χ0) is 55.7. The van der Waals surface area contributed by atoms with E-state index >= 15 is 0 Å². The number of carbonyl (C=O) groups excluding carboxylic acids is 3. The minimum absolute atomic E-state index is 0.0928. The molecule has 0 aliphatic heterocycles. The molecule has 0 aromatic carbocycles. The van der Waals surface area contributed by atoms with Crippen LogP contribution in [0.1, 0.15) is 290 Å². The first kappa shape index (κ1) is 72.8. The fourth-order valence-electron chi connectivity index (χ4n) is 8.69. The van der Waals surface area contributed by atoms with E-state index in [1.807, 2.05) is 0 Å². The van der Waals surface area contributed by atoms with Gasteiger partial charge in [-0.15, -0.1) is 0 Å². The predicted molar refractivity (Wildman–Crippen MR) is 334 cm³/mol. The van der Waals surface area contributed by atoms with Crippen LogP contribution in [0.25, 0.3) is 0 Å². The van der Waals surface area contributed by atoms with Gasteiger partial charge in [0.2, 0.25) is 0 Å². The average Bonchev–Trinajstić information content (AvgIpc) is 3.43. The summed E-state index contributed by atoms with van der Waals surface area (Å²) in [6.45, 7) is 6.39. The third-order valence-corrected chi connectivity index (χ3v) is 13.4. The Kier molecular flexibility index (Phi) is 60.8. The Morgan fingerprint density at radius 1 is 0.273 bits per heavy atom. The molecule has 77 heavy (non-hydrogen) atoms. The van der Waals surface area contributed by atoms with Gasteiger partial charge < -0.3 is 14.2 Å². The zero-order valence-electron chi connectivity index (χ0n) is 50.2. The van der Waals surface area contributed by atoms with E-state index < -0.39 is 6.10 Å². The molecule has 0 bridgehead atoms. The smallest absolute Gasteiger partial charge is 0.306 e. The fraction of sp³-hybridized carbons (Fsp3) is 0.676. The van der Waals surface area contributed by atoms with Crippen LogP contribution in [-0.2, 0) is 28.6 Å². The normalized spacial score (nSPS) is 12.9. The van der Waals surface area contributed by atoms with Crippen molar-refractivity contribution in [2.45, 2.75) is 297 Å². The van der Waals surface area contributed by atoms with Gasteiger partial charge in [-0.3, -0.25) is 14.4 Å². The third-order valence-electron chi connectivity index (χ3n) is 13.4. The van der Waals surface area contributed by atoms with Gasteiger partial charge >= 0.3 is 17.9 Å². The van der Waals surface area contributed by atoms with Crippen molar-refractivity contribution in [2.75, 3.05) is 13.2 Å². The van der Waals surface area contributed by atoms with E-state index in [-0.39, 0.29) is 31.1 Å². The minimum Gasteiger partial charge on any atom is -0.462 e. The standard InChI is InChI=1S/C71H118O6/c1-4-7-10-13-16-19-22-25-27-29-30-31-32-33-34-35-36-37-38-39-40-42-43-46-49-52-55-58-61-64-70(73)76-67-68(66-75-69(72)63-60-57-54-51-48-45-24-21-18-15-12-9-6-3)77-71(74)65-62-59-56-53-50-47-44-41-28-26-23-20-17-14-11-8-5-2/h7,9-10,12,16,18-19,21,25-28,30-31,33-34,36-37,45,48,68H,4-6,8,11,13-15,17,20,22-24,29,32,35,38-44,46-47,49-67H2,1-3H3/b10-7-,12-9-,19-16-,21-18-,27-25-,28-26-,31-30-,34-33-,37-36-,48-45-. The molecule has 0 fully saturated rings. The van der Waals surface area contributed by atoms with Crippen LogP contribution in [0.3, 0.4) is 0 Å². The molecule has 0 spiro atoms. The van der Waals surface area contributed by atoms with Gasteiger partial charge in [0, 0.05) is 19.3 Å². The van der Waals surface area contributed by atoms with Gasteiger partial charge in [0.25, 0.3) is 0 Å². The summed E-state index contributed by atoms with van der Waals surface area (Å²) in [5, 5.41) is 0. The average molecular weight is 1070 g/mol. The molecule has 0 radical (unpaired) electrons. The van der Waals surface area contributed by atoms with E-state index in [1.54, 1.807) is 0 Å². The summed E-state index contributed by atoms with van der Waals surface area (Å²) in [6, 6.07) is 0. The van der Waals surface area contributed by atoms with Gasteiger partial charge in [0.1, 0.15) is 13.2 Å². The Morgan fingerprint density at radius 3 is 0.818 bits per heavy atom. The maximum Gasteiger partial charge on any atom is 0.306 e. The van der Waals surface area contributed by atoms with Crippen LogP contribution in [-0.4, -0.2) is 37.2 Å². The van der Waals surface area contributed by atoms with Gasteiger partial charge in [0.05, 0.1) is 0 Å². The van der Waals surface area contributed by atoms with Crippen LogP contribution in [0.4, 0.5) is 0 Å². The molecular formula is C71H118O6. The van der Waals surface area contributed by atoms with Gasteiger partial charge in [0.15, 0.2) is 6.10 Å². The van der Waals surface area contributed by atoms with Crippen molar-refractivity contribution in [2.24, 2.45) is 0 Å². The summed E-state index contributed by atoms with van der Waals surface area (Å²) in [5.74, 6) is -0.927. The van der Waals surface area contributed by atoms with E-state index in [0.717, 1.165) is 122 Å².